The maximum absolute atomic E-state index is 12.6. The smallest absolute Gasteiger partial charge is 0.331 e. The summed E-state index contributed by atoms with van der Waals surface area (Å²) in [6.45, 7) is 0. The van der Waals surface area contributed by atoms with Crippen LogP contribution in [-0.2, 0) is 15.3 Å². The van der Waals surface area contributed by atoms with Gasteiger partial charge in [-0.2, -0.15) is 0 Å². The van der Waals surface area contributed by atoms with Crippen molar-refractivity contribution < 1.29 is 45.3 Å². The van der Waals surface area contributed by atoms with Gasteiger partial charge in [0.25, 0.3) is 5.97 Å². The molecule has 1 fully saturated rings. The molecule has 2 rings (SSSR count). The van der Waals surface area contributed by atoms with E-state index < -0.39 is 53.3 Å². The number of nitrogens with two attached hydrogens (primary N) is 2. The first-order chi connectivity index (χ1) is 14.2. The number of amides is 1. The number of carboxylic acid groups (broad SMARTS) is 1. The third-order valence-electron chi connectivity index (χ3n) is 5.70. The highest BCUT2D eigenvalue weighted by Gasteiger charge is 2.51. The Kier molecular flexibility index (Phi) is 7.40. The molecule has 3 unspecified atom stereocenters. The van der Waals surface area contributed by atoms with E-state index in [-0.39, 0.29) is 31.2 Å². The largest absolute Gasteiger partial charge is 0.480 e. The number of aliphatic carboxylic acids is 1. The summed E-state index contributed by atoms with van der Waals surface area (Å²) in [5.41, 5.74) is 8.67. The summed E-state index contributed by atoms with van der Waals surface area (Å²) >= 11 is 0. The van der Waals surface area contributed by atoms with Crippen molar-refractivity contribution in [2.24, 2.45) is 29.2 Å². The molecule has 1 aromatic rings. The number of aliphatic hydroxyl groups is 6. The molecule has 1 aliphatic carbocycles. The molecule has 31 heavy (non-hydrogen) atoms. The molecular formula is C19H29N3O9. The van der Waals surface area contributed by atoms with Crippen LogP contribution in [-0.4, -0.2) is 65.5 Å². The highest BCUT2D eigenvalue weighted by atomic mass is 16.7. The lowest BCUT2D eigenvalue weighted by atomic mass is 9.73. The zero-order valence-corrected chi connectivity index (χ0v) is 16.6. The van der Waals surface area contributed by atoms with Gasteiger partial charge in [-0.3, -0.25) is 16.3 Å². The molecule has 12 nitrogen and oxygen atoms in total. The summed E-state index contributed by atoms with van der Waals surface area (Å²) in [4.78, 5) is 24.3. The van der Waals surface area contributed by atoms with E-state index in [4.69, 9.17) is 11.5 Å². The highest BCUT2D eigenvalue weighted by Crippen LogP contribution is 2.40. The van der Waals surface area contributed by atoms with Crippen molar-refractivity contribution in [2.45, 2.75) is 49.3 Å². The molecule has 1 amide bonds. The van der Waals surface area contributed by atoms with Crippen molar-refractivity contribution in [1.29, 1.82) is 0 Å². The summed E-state index contributed by atoms with van der Waals surface area (Å²) < 4.78 is 0. The van der Waals surface area contributed by atoms with Crippen molar-refractivity contribution in [3.63, 3.8) is 0 Å². The number of carbonyl (C=O) groups is 2. The Labute approximate surface area is 177 Å². The van der Waals surface area contributed by atoms with Crippen LogP contribution < -0.4 is 16.8 Å². The Morgan fingerprint density at radius 1 is 0.935 bits per heavy atom. The predicted molar refractivity (Wildman–Crippen MR) is 104 cm³/mol. The molecular weight excluding hydrogens is 414 g/mol. The number of hydrogen-bond donors (Lipinski definition) is 10. The number of rotatable bonds is 8. The Morgan fingerprint density at radius 3 is 1.87 bits per heavy atom. The molecule has 12 N–H and O–H groups in total. The Balaban J connectivity index is 2.09. The van der Waals surface area contributed by atoms with Gasteiger partial charge in [-0.1, -0.05) is 30.3 Å². The van der Waals surface area contributed by atoms with Gasteiger partial charge in [0.15, 0.2) is 11.8 Å². The van der Waals surface area contributed by atoms with Crippen LogP contribution in [0.2, 0.25) is 0 Å². The first kappa shape index (κ1) is 25.1. The minimum absolute atomic E-state index is 0.0512. The normalized spacial score (nSPS) is 24.0. The van der Waals surface area contributed by atoms with E-state index in [0.29, 0.717) is 0 Å². The second kappa shape index (κ2) is 9.14. The summed E-state index contributed by atoms with van der Waals surface area (Å²) in [5.74, 6) is -12.3. The van der Waals surface area contributed by atoms with E-state index in [2.05, 4.69) is 5.32 Å². The molecule has 1 aliphatic rings. The summed E-state index contributed by atoms with van der Waals surface area (Å²) in [5, 5.41) is 69.8. The van der Waals surface area contributed by atoms with E-state index in [0.717, 1.165) is 0 Å². The topological polar surface area (TPSA) is 240 Å². The zero-order chi connectivity index (χ0) is 23.6. The molecule has 1 saturated carbocycles. The quantitative estimate of drug-likeness (QED) is 0.182. The van der Waals surface area contributed by atoms with Gasteiger partial charge < -0.3 is 41.1 Å². The van der Waals surface area contributed by atoms with Crippen LogP contribution in [0.5, 0.6) is 0 Å². The second-order valence-electron chi connectivity index (χ2n) is 8.03. The monoisotopic (exact) mass is 443 g/mol. The van der Waals surface area contributed by atoms with E-state index in [1.165, 1.54) is 12.1 Å². The van der Waals surface area contributed by atoms with Gasteiger partial charge in [0, 0.05) is 11.5 Å². The van der Waals surface area contributed by atoms with Crippen LogP contribution in [0.1, 0.15) is 31.2 Å². The van der Waals surface area contributed by atoms with Gasteiger partial charge in [-0.05, 0) is 31.6 Å². The molecule has 12 heteroatoms. The highest BCUT2D eigenvalue weighted by molar-refractivity contribution is 5.86. The second-order valence-corrected chi connectivity index (χ2v) is 8.03. The van der Waals surface area contributed by atoms with E-state index in [1.807, 2.05) is 0 Å². The molecule has 0 aliphatic heterocycles. The fourth-order valence-electron chi connectivity index (χ4n) is 4.15. The van der Waals surface area contributed by atoms with E-state index in [9.17, 15) is 45.3 Å². The van der Waals surface area contributed by atoms with Crippen LogP contribution in [0.3, 0.4) is 0 Å². The molecule has 1 aromatic carbocycles. The lowest BCUT2D eigenvalue weighted by molar-refractivity contribution is -0.400. The van der Waals surface area contributed by atoms with Crippen LogP contribution in [0.4, 0.5) is 0 Å². The number of hydrogen-bond acceptors (Lipinski definition) is 10. The first-order valence-electron chi connectivity index (χ1n) is 9.66. The predicted octanol–water partition coefficient (Wildman–Crippen LogP) is -2.99. The van der Waals surface area contributed by atoms with Gasteiger partial charge in [0.2, 0.25) is 11.8 Å². The van der Waals surface area contributed by atoms with E-state index >= 15 is 0 Å². The number of carbonyl (C=O) groups excluding carboxylic acids is 1. The van der Waals surface area contributed by atoms with Crippen LogP contribution in [0.15, 0.2) is 30.3 Å². The molecule has 0 aromatic heterocycles. The van der Waals surface area contributed by atoms with Gasteiger partial charge in [0.1, 0.15) is 5.92 Å². The Morgan fingerprint density at radius 2 is 1.45 bits per heavy atom. The third kappa shape index (κ3) is 5.96. The molecule has 174 valence electrons. The minimum atomic E-state index is -3.46. The number of carboxylic acids is 1. The van der Waals surface area contributed by atoms with Gasteiger partial charge in [0.05, 0.1) is 0 Å². The number of benzene rings is 1. The molecule has 0 bridgehead atoms. The van der Waals surface area contributed by atoms with Crippen molar-refractivity contribution >= 4 is 11.9 Å². The average molecular weight is 443 g/mol. The SMILES string of the molecule is NC(O)(O)C(C1CCC(C(=O)NC(C(=O)O)C(N)(O)c2ccccc2)CC1)C(O)(O)O. The van der Waals surface area contributed by atoms with Gasteiger partial charge >= 0.3 is 5.97 Å². The standard InChI is InChI=1S/C19H29N3O9/c20-17(26,12-4-2-1-3-5-12)14(16(24)25)22-15(23)11-8-6-10(7-9-11)13(18(21,27)28)19(29,30)31/h1-5,10-11,13-14,26-31H,6-9,20-21H2,(H,22,23)(H,24,25). The van der Waals surface area contributed by atoms with Crippen LogP contribution in [0, 0.1) is 17.8 Å². The summed E-state index contributed by atoms with van der Waals surface area (Å²) in [6.07, 6.45) is 0.296. The zero-order valence-electron chi connectivity index (χ0n) is 16.6. The fourth-order valence-corrected chi connectivity index (χ4v) is 4.15. The average Bonchev–Trinajstić information content (AvgIpc) is 2.64. The van der Waals surface area contributed by atoms with Crippen molar-refractivity contribution in [2.75, 3.05) is 0 Å². The molecule has 0 spiro atoms. The molecule has 0 radical (unpaired) electrons. The summed E-state index contributed by atoms with van der Waals surface area (Å²) in [6, 6.07) is 5.74. The maximum Gasteiger partial charge on any atom is 0.331 e. The van der Waals surface area contributed by atoms with Crippen molar-refractivity contribution in [3.8, 4) is 0 Å². The minimum Gasteiger partial charge on any atom is -0.480 e. The lowest BCUT2D eigenvalue weighted by Gasteiger charge is -2.41. The van der Waals surface area contributed by atoms with Crippen LogP contribution >= 0.6 is 0 Å². The fraction of sp³-hybridized carbons (Fsp3) is 0.579. The first-order valence-corrected chi connectivity index (χ1v) is 9.66. The van der Waals surface area contributed by atoms with Crippen molar-refractivity contribution in [1.82, 2.24) is 5.32 Å². The molecule has 0 heterocycles. The van der Waals surface area contributed by atoms with Crippen molar-refractivity contribution in [3.05, 3.63) is 35.9 Å². The Bertz CT molecular complexity index is 752. The van der Waals surface area contributed by atoms with Gasteiger partial charge in [-0.15, -0.1) is 0 Å². The lowest BCUT2D eigenvalue weighted by Crippen LogP contribution is -2.61. The van der Waals surface area contributed by atoms with Gasteiger partial charge in [-0.25, -0.2) is 4.79 Å². The number of nitrogens with one attached hydrogen (secondary N) is 1. The maximum atomic E-state index is 12.6. The van der Waals surface area contributed by atoms with E-state index in [1.54, 1.807) is 18.2 Å². The molecule has 0 saturated heterocycles. The molecule has 3 atom stereocenters. The summed E-state index contributed by atoms with van der Waals surface area (Å²) in [7, 11) is 0. The Hall–Kier alpha value is -2.16. The van der Waals surface area contributed by atoms with Crippen LogP contribution in [0.25, 0.3) is 0 Å². The third-order valence-corrected chi connectivity index (χ3v) is 5.70.